The highest BCUT2D eigenvalue weighted by Crippen LogP contribution is 2.24. The summed E-state index contributed by atoms with van der Waals surface area (Å²) >= 11 is 0. The van der Waals surface area contributed by atoms with Crippen LogP contribution in [-0.4, -0.2) is 16.1 Å². The molecule has 2 rings (SSSR count). The van der Waals surface area contributed by atoms with Crippen LogP contribution in [0.1, 0.15) is 55.4 Å². The quantitative estimate of drug-likeness (QED) is 0.873. The molecule has 0 atom stereocenters. The molecule has 4 heteroatoms. The third-order valence-electron chi connectivity index (χ3n) is 3.32. The van der Waals surface area contributed by atoms with Crippen molar-refractivity contribution in [3.05, 3.63) is 47.3 Å². The fourth-order valence-electron chi connectivity index (χ4n) is 2.32. The molecule has 21 heavy (non-hydrogen) atoms. The summed E-state index contributed by atoms with van der Waals surface area (Å²) in [6.45, 7) is 8.50. The van der Waals surface area contributed by atoms with E-state index >= 15 is 0 Å². The zero-order valence-corrected chi connectivity index (χ0v) is 13.1. The smallest absolute Gasteiger partial charge is 0.276 e. The fraction of sp³-hybridized carbons (Fsp3) is 0.412. The molecule has 1 aromatic heterocycles. The molecule has 1 heterocycles. The van der Waals surface area contributed by atoms with E-state index in [0.29, 0.717) is 17.5 Å². The van der Waals surface area contributed by atoms with Crippen molar-refractivity contribution in [1.29, 1.82) is 0 Å². The summed E-state index contributed by atoms with van der Waals surface area (Å²) < 4.78 is 0. The van der Waals surface area contributed by atoms with Crippen molar-refractivity contribution in [3.63, 3.8) is 0 Å². The van der Waals surface area contributed by atoms with Gasteiger partial charge in [-0.15, -0.1) is 0 Å². The topological polar surface area (TPSA) is 57.8 Å². The van der Waals surface area contributed by atoms with Crippen molar-refractivity contribution >= 4 is 11.6 Å². The summed E-state index contributed by atoms with van der Waals surface area (Å²) in [5, 5.41) is 9.99. The molecule has 0 saturated heterocycles. The van der Waals surface area contributed by atoms with E-state index in [2.05, 4.69) is 43.2 Å². The SMILES string of the molecule is CC(C)Cc1cc(C(=O)Nc2ccccc2C(C)C)n[nH]1. The number of aromatic nitrogens is 2. The molecule has 2 aromatic rings. The molecule has 2 N–H and O–H groups in total. The second kappa shape index (κ2) is 6.57. The Labute approximate surface area is 126 Å². The Morgan fingerprint density at radius 1 is 1.24 bits per heavy atom. The summed E-state index contributed by atoms with van der Waals surface area (Å²) in [7, 11) is 0. The normalized spacial score (nSPS) is 11.1. The van der Waals surface area contributed by atoms with Crippen molar-refractivity contribution in [3.8, 4) is 0 Å². The lowest BCUT2D eigenvalue weighted by Crippen LogP contribution is -2.14. The first-order valence-corrected chi connectivity index (χ1v) is 7.42. The van der Waals surface area contributed by atoms with Crippen LogP contribution in [-0.2, 0) is 6.42 Å². The second-order valence-electron chi connectivity index (χ2n) is 6.07. The van der Waals surface area contributed by atoms with Crippen molar-refractivity contribution in [1.82, 2.24) is 10.2 Å². The van der Waals surface area contributed by atoms with Gasteiger partial charge in [0.05, 0.1) is 0 Å². The van der Waals surface area contributed by atoms with Crippen molar-refractivity contribution in [2.45, 2.75) is 40.0 Å². The molecule has 0 aliphatic carbocycles. The lowest BCUT2D eigenvalue weighted by atomic mass is 10.0. The third kappa shape index (κ3) is 3.94. The first-order valence-electron chi connectivity index (χ1n) is 7.42. The van der Waals surface area contributed by atoms with Gasteiger partial charge in [0.15, 0.2) is 5.69 Å². The summed E-state index contributed by atoms with van der Waals surface area (Å²) in [6, 6.07) is 9.70. The molecule has 1 aromatic carbocycles. The van der Waals surface area contributed by atoms with E-state index < -0.39 is 0 Å². The minimum Gasteiger partial charge on any atom is -0.320 e. The molecular formula is C17H23N3O. The highest BCUT2D eigenvalue weighted by molar-refractivity contribution is 6.03. The van der Waals surface area contributed by atoms with E-state index in [4.69, 9.17) is 0 Å². The monoisotopic (exact) mass is 285 g/mol. The summed E-state index contributed by atoms with van der Waals surface area (Å²) in [4.78, 5) is 12.3. The number of nitrogens with one attached hydrogen (secondary N) is 2. The van der Waals surface area contributed by atoms with Gasteiger partial charge in [-0.25, -0.2) is 0 Å². The lowest BCUT2D eigenvalue weighted by Gasteiger charge is -2.12. The van der Waals surface area contributed by atoms with Crippen molar-refractivity contribution < 1.29 is 4.79 Å². The van der Waals surface area contributed by atoms with Crippen LogP contribution in [0, 0.1) is 5.92 Å². The van der Waals surface area contributed by atoms with Gasteiger partial charge in [0.25, 0.3) is 5.91 Å². The van der Waals surface area contributed by atoms with Crippen LogP contribution in [0.2, 0.25) is 0 Å². The Bertz CT molecular complexity index is 614. The van der Waals surface area contributed by atoms with Gasteiger partial charge in [-0.05, 0) is 36.0 Å². The number of hydrogen-bond acceptors (Lipinski definition) is 2. The molecule has 0 aliphatic rings. The Hall–Kier alpha value is -2.10. The lowest BCUT2D eigenvalue weighted by molar-refractivity contribution is 0.102. The zero-order chi connectivity index (χ0) is 15.4. The maximum Gasteiger partial charge on any atom is 0.276 e. The standard InChI is InChI=1S/C17H23N3O/c1-11(2)9-13-10-16(20-19-13)17(21)18-15-8-6-5-7-14(15)12(3)4/h5-8,10-12H,9H2,1-4H3,(H,18,21)(H,19,20). The van der Waals surface area contributed by atoms with Crippen LogP contribution in [0.15, 0.2) is 30.3 Å². The van der Waals surface area contributed by atoms with E-state index in [1.54, 1.807) is 0 Å². The molecule has 0 aliphatic heterocycles. The summed E-state index contributed by atoms with van der Waals surface area (Å²) in [6.07, 6.45) is 0.892. The van der Waals surface area contributed by atoms with Crippen LogP contribution in [0.4, 0.5) is 5.69 Å². The molecule has 112 valence electrons. The predicted molar refractivity (Wildman–Crippen MR) is 85.6 cm³/mol. The average molecular weight is 285 g/mol. The van der Waals surface area contributed by atoms with Gasteiger partial charge < -0.3 is 5.32 Å². The second-order valence-corrected chi connectivity index (χ2v) is 6.07. The molecule has 4 nitrogen and oxygen atoms in total. The number of rotatable bonds is 5. The highest BCUT2D eigenvalue weighted by atomic mass is 16.1. The summed E-state index contributed by atoms with van der Waals surface area (Å²) in [5.74, 6) is 0.717. The largest absolute Gasteiger partial charge is 0.320 e. The number of H-pyrrole nitrogens is 1. The predicted octanol–water partition coefficient (Wildman–Crippen LogP) is 3.98. The molecule has 0 bridgehead atoms. The maximum atomic E-state index is 12.3. The first kappa shape index (κ1) is 15.3. The van der Waals surface area contributed by atoms with Crippen LogP contribution in [0.3, 0.4) is 0 Å². The van der Waals surface area contributed by atoms with Crippen LogP contribution >= 0.6 is 0 Å². The van der Waals surface area contributed by atoms with Crippen LogP contribution in [0.25, 0.3) is 0 Å². The van der Waals surface area contributed by atoms with Gasteiger partial charge in [0, 0.05) is 11.4 Å². The number of hydrogen-bond donors (Lipinski definition) is 2. The number of carbonyl (C=O) groups excluding carboxylic acids is 1. The van der Waals surface area contributed by atoms with E-state index in [-0.39, 0.29) is 5.91 Å². The minimum atomic E-state index is -0.172. The Kier molecular flexibility index (Phi) is 4.78. The Balaban J connectivity index is 2.13. The fourth-order valence-corrected chi connectivity index (χ4v) is 2.32. The van der Waals surface area contributed by atoms with Gasteiger partial charge in [-0.1, -0.05) is 45.9 Å². The maximum absolute atomic E-state index is 12.3. The highest BCUT2D eigenvalue weighted by Gasteiger charge is 2.14. The molecule has 1 amide bonds. The van der Waals surface area contributed by atoms with Gasteiger partial charge in [-0.3, -0.25) is 9.89 Å². The van der Waals surface area contributed by atoms with E-state index in [1.165, 1.54) is 0 Å². The average Bonchev–Trinajstić information content (AvgIpc) is 2.86. The molecule has 0 radical (unpaired) electrons. The van der Waals surface area contributed by atoms with Crippen LogP contribution < -0.4 is 5.32 Å². The third-order valence-corrected chi connectivity index (χ3v) is 3.32. The van der Waals surface area contributed by atoms with Crippen molar-refractivity contribution in [2.24, 2.45) is 5.92 Å². The Morgan fingerprint density at radius 2 is 1.95 bits per heavy atom. The van der Waals surface area contributed by atoms with E-state index in [0.717, 1.165) is 23.4 Å². The molecular weight excluding hydrogens is 262 g/mol. The van der Waals surface area contributed by atoms with Gasteiger partial charge in [0.2, 0.25) is 0 Å². The van der Waals surface area contributed by atoms with Crippen molar-refractivity contribution in [2.75, 3.05) is 5.32 Å². The number of anilines is 1. The molecule has 0 spiro atoms. The van der Waals surface area contributed by atoms with Crippen LogP contribution in [0.5, 0.6) is 0 Å². The number of benzene rings is 1. The molecule has 0 fully saturated rings. The number of aromatic amines is 1. The number of amides is 1. The number of nitrogens with zero attached hydrogens (tertiary/aromatic N) is 1. The Morgan fingerprint density at radius 3 is 2.62 bits per heavy atom. The van der Waals surface area contributed by atoms with Gasteiger partial charge >= 0.3 is 0 Å². The number of para-hydroxylation sites is 1. The molecule has 0 saturated carbocycles. The van der Waals surface area contributed by atoms with Gasteiger partial charge in [0.1, 0.15) is 0 Å². The van der Waals surface area contributed by atoms with E-state index in [9.17, 15) is 4.79 Å². The first-order chi connectivity index (χ1) is 9.97. The molecule has 0 unspecified atom stereocenters. The summed E-state index contributed by atoms with van der Waals surface area (Å²) in [5.41, 5.74) is 3.41. The minimum absolute atomic E-state index is 0.172. The zero-order valence-electron chi connectivity index (χ0n) is 13.1. The number of carbonyl (C=O) groups is 1. The van der Waals surface area contributed by atoms with E-state index in [1.807, 2.05) is 30.3 Å². The van der Waals surface area contributed by atoms with Gasteiger partial charge in [-0.2, -0.15) is 5.10 Å².